The fourth-order valence-corrected chi connectivity index (χ4v) is 3.09. The average Bonchev–Trinajstić information content (AvgIpc) is 3.12. The van der Waals surface area contributed by atoms with Gasteiger partial charge in [-0.2, -0.15) is 5.10 Å². The molecule has 2 N–H and O–H groups in total. The van der Waals surface area contributed by atoms with E-state index in [1.807, 2.05) is 61.5 Å². The molecule has 0 radical (unpaired) electrons. The zero-order chi connectivity index (χ0) is 20.4. The number of amides is 2. The molecule has 0 saturated carbocycles. The van der Waals surface area contributed by atoms with Crippen molar-refractivity contribution in [3.05, 3.63) is 89.4 Å². The minimum Gasteiger partial charge on any atom is -0.267 e. The number of rotatable bonds is 3. The van der Waals surface area contributed by atoms with E-state index in [0.29, 0.717) is 16.8 Å². The molecular weight excluding hydrogens is 366 g/mol. The summed E-state index contributed by atoms with van der Waals surface area (Å²) in [5, 5.41) is 5.24. The van der Waals surface area contributed by atoms with E-state index in [0.717, 1.165) is 16.6 Å². The number of carbonyl (C=O) groups is 2. The Morgan fingerprint density at radius 1 is 0.897 bits per heavy atom. The minimum atomic E-state index is -0.493. The Hall–Kier alpha value is -4.00. The Labute approximate surface area is 167 Å². The topological polar surface area (TPSA) is 88.9 Å². The van der Waals surface area contributed by atoms with Crippen molar-refractivity contribution in [1.82, 2.24) is 25.6 Å². The number of benzene rings is 2. The van der Waals surface area contributed by atoms with E-state index in [4.69, 9.17) is 0 Å². The zero-order valence-corrected chi connectivity index (χ0v) is 16.0. The van der Waals surface area contributed by atoms with Crippen LogP contribution in [0.15, 0.2) is 66.9 Å². The Balaban J connectivity index is 1.47. The van der Waals surface area contributed by atoms with Crippen LogP contribution in [0.2, 0.25) is 0 Å². The van der Waals surface area contributed by atoms with Gasteiger partial charge in [-0.25, -0.2) is 9.67 Å². The van der Waals surface area contributed by atoms with E-state index in [2.05, 4.69) is 20.9 Å². The molecule has 2 amide bonds. The third-order valence-corrected chi connectivity index (χ3v) is 4.62. The van der Waals surface area contributed by atoms with Gasteiger partial charge in [0.15, 0.2) is 0 Å². The van der Waals surface area contributed by atoms with E-state index in [9.17, 15) is 9.59 Å². The summed E-state index contributed by atoms with van der Waals surface area (Å²) in [7, 11) is 0. The lowest BCUT2D eigenvalue weighted by Gasteiger charge is -2.08. The first-order chi connectivity index (χ1) is 14.0. The molecule has 0 aliphatic carbocycles. The highest BCUT2D eigenvalue weighted by molar-refractivity contribution is 5.99. The quantitative estimate of drug-likeness (QED) is 0.531. The van der Waals surface area contributed by atoms with Gasteiger partial charge in [0.1, 0.15) is 5.69 Å². The van der Waals surface area contributed by atoms with E-state index in [-0.39, 0.29) is 5.69 Å². The normalized spacial score (nSPS) is 10.7. The Morgan fingerprint density at radius 3 is 2.52 bits per heavy atom. The summed E-state index contributed by atoms with van der Waals surface area (Å²) in [5.41, 5.74) is 8.78. The summed E-state index contributed by atoms with van der Waals surface area (Å²) in [6, 6.07) is 18.8. The minimum absolute atomic E-state index is 0.219. The van der Waals surface area contributed by atoms with Crippen LogP contribution in [0.1, 0.15) is 32.1 Å². The summed E-state index contributed by atoms with van der Waals surface area (Å²) < 4.78 is 1.69. The molecule has 7 nitrogen and oxygen atoms in total. The van der Waals surface area contributed by atoms with Gasteiger partial charge in [0.05, 0.1) is 28.7 Å². The lowest BCUT2D eigenvalue weighted by atomic mass is 10.2. The largest absolute Gasteiger partial charge is 0.288 e. The molecule has 29 heavy (non-hydrogen) atoms. The molecule has 0 aliphatic heterocycles. The Morgan fingerprint density at radius 2 is 1.69 bits per heavy atom. The van der Waals surface area contributed by atoms with E-state index < -0.39 is 11.8 Å². The summed E-state index contributed by atoms with van der Waals surface area (Å²) in [6.07, 6.45) is 1.48. The number of nitrogens with zero attached hydrogens (tertiary/aromatic N) is 3. The van der Waals surface area contributed by atoms with Gasteiger partial charge < -0.3 is 0 Å². The number of aromatic nitrogens is 3. The van der Waals surface area contributed by atoms with Crippen LogP contribution in [0, 0.1) is 13.8 Å². The molecule has 4 aromatic rings. The number of fused-ring (bicyclic) bond motifs is 1. The molecule has 0 atom stereocenters. The number of pyridine rings is 1. The fourth-order valence-electron chi connectivity index (χ4n) is 3.09. The van der Waals surface area contributed by atoms with Gasteiger partial charge in [-0.15, -0.1) is 0 Å². The van der Waals surface area contributed by atoms with Crippen LogP contribution in [0.3, 0.4) is 0 Å². The maximum atomic E-state index is 12.5. The standard InChI is InChI=1S/C22H19N5O2/c1-14-6-5-8-17(12-14)27-15(2)18(13-23-27)21(28)25-26-22(29)20-11-10-16-7-3-4-9-19(16)24-20/h3-13H,1-2H3,(H,25,28)(H,26,29). The molecule has 0 unspecified atom stereocenters. The second-order valence-corrected chi connectivity index (χ2v) is 6.69. The van der Waals surface area contributed by atoms with Crippen LogP contribution >= 0.6 is 0 Å². The third kappa shape index (κ3) is 3.70. The molecule has 2 aromatic carbocycles. The van der Waals surface area contributed by atoms with Crippen LogP contribution in [0.5, 0.6) is 0 Å². The van der Waals surface area contributed by atoms with Crippen molar-refractivity contribution < 1.29 is 9.59 Å². The maximum Gasteiger partial charge on any atom is 0.288 e. The van der Waals surface area contributed by atoms with Crippen molar-refractivity contribution in [1.29, 1.82) is 0 Å². The first-order valence-corrected chi connectivity index (χ1v) is 9.11. The lowest BCUT2D eigenvalue weighted by molar-refractivity contribution is 0.0843. The maximum absolute atomic E-state index is 12.5. The molecular formula is C22H19N5O2. The van der Waals surface area contributed by atoms with Crippen molar-refractivity contribution in [3.63, 3.8) is 0 Å². The van der Waals surface area contributed by atoms with Gasteiger partial charge in [-0.1, -0.05) is 36.4 Å². The van der Waals surface area contributed by atoms with Crippen molar-refractivity contribution in [3.8, 4) is 5.69 Å². The number of nitrogens with one attached hydrogen (secondary N) is 2. The second-order valence-electron chi connectivity index (χ2n) is 6.69. The predicted molar refractivity (Wildman–Crippen MR) is 110 cm³/mol. The first kappa shape index (κ1) is 18.4. The highest BCUT2D eigenvalue weighted by atomic mass is 16.2. The number of aryl methyl sites for hydroxylation is 1. The smallest absolute Gasteiger partial charge is 0.267 e. The van der Waals surface area contributed by atoms with E-state index >= 15 is 0 Å². The predicted octanol–water partition coefficient (Wildman–Crippen LogP) is 3.11. The molecule has 2 heterocycles. The SMILES string of the molecule is Cc1cccc(-n2ncc(C(=O)NNC(=O)c3ccc4ccccc4n3)c2C)c1. The van der Waals surface area contributed by atoms with Crippen LogP contribution in [0.4, 0.5) is 0 Å². The van der Waals surface area contributed by atoms with E-state index in [1.54, 1.807) is 17.7 Å². The van der Waals surface area contributed by atoms with Crippen LogP contribution in [0.25, 0.3) is 16.6 Å². The van der Waals surface area contributed by atoms with Gasteiger partial charge in [-0.3, -0.25) is 20.4 Å². The summed E-state index contributed by atoms with van der Waals surface area (Å²) in [4.78, 5) is 29.2. The number of hydrazine groups is 1. The first-order valence-electron chi connectivity index (χ1n) is 9.11. The molecule has 0 saturated heterocycles. The molecule has 0 spiro atoms. The Kier molecular flexibility index (Phi) is 4.78. The van der Waals surface area contributed by atoms with Crippen molar-refractivity contribution >= 4 is 22.7 Å². The molecule has 7 heteroatoms. The lowest BCUT2D eigenvalue weighted by Crippen LogP contribution is -2.42. The fraction of sp³-hybridized carbons (Fsp3) is 0.0909. The number of hydrogen-bond acceptors (Lipinski definition) is 4. The molecule has 0 fully saturated rings. The van der Waals surface area contributed by atoms with Gasteiger partial charge >= 0.3 is 0 Å². The highest BCUT2D eigenvalue weighted by Gasteiger charge is 2.16. The van der Waals surface area contributed by atoms with Gasteiger partial charge in [-0.05, 0) is 43.7 Å². The monoisotopic (exact) mass is 385 g/mol. The number of para-hydroxylation sites is 1. The molecule has 144 valence electrons. The molecule has 4 rings (SSSR count). The summed E-state index contributed by atoms with van der Waals surface area (Å²) >= 11 is 0. The second kappa shape index (κ2) is 7.55. The summed E-state index contributed by atoms with van der Waals surface area (Å²) in [6.45, 7) is 3.79. The van der Waals surface area contributed by atoms with Crippen LogP contribution < -0.4 is 10.9 Å². The highest BCUT2D eigenvalue weighted by Crippen LogP contribution is 2.15. The van der Waals surface area contributed by atoms with Gasteiger partial charge in [0, 0.05) is 5.39 Å². The van der Waals surface area contributed by atoms with Gasteiger partial charge in [0.25, 0.3) is 11.8 Å². The molecule has 2 aromatic heterocycles. The average molecular weight is 385 g/mol. The van der Waals surface area contributed by atoms with Crippen molar-refractivity contribution in [2.45, 2.75) is 13.8 Å². The van der Waals surface area contributed by atoms with Crippen molar-refractivity contribution in [2.75, 3.05) is 0 Å². The zero-order valence-electron chi connectivity index (χ0n) is 16.0. The van der Waals surface area contributed by atoms with E-state index in [1.165, 1.54) is 6.20 Å². The molecule has 0 aliphatic rings. The molecule has 0 bridgehead atoms. The summed E-state index contributed by atoms with van der Waals surface area (Å²) in [5.74, 6) is -0.941. The van der Waals surface area contributed by atoms with Gasteiger partial charge in [0.2, 0.25) is 0 Å². The number of carbonyl (C=O) groups excluding carboxylic acids is 2. The van der Waals surface area contributed by atoms with Crippen LogP contribution in [-0.2, 0) is 0 Å². The third-order valence-electron chi connectivity index (χ3n) is 4.62. The Bertz CT molecular complexity index is 1230. The number of hydrogen-bond donors (Lipinski definition) is 2. The van der Waals surface area contributed by atoms with Crippen molar-refractivity contribution in [2.24, 2.45) is 0 Å². The van der Waals surface area contributed by atoms with Crippen LogP contribution in [-0.4, -0.2) is 26.6 Å².